The first-order chi connectivity index (χ1) is 19.5. The number of likely N-dealkylation sites (N-methyl/N-ethyl adjacent to an activating group) is 1. The fourth-order valence-corrected chi connectivity index (χ4v) is 5.43. The summed E-state index contributed by atoms with van der Waals surface area (Å²) in [6.07, 6.45) is 2.39. The Morgan fingerprint density at radius 3 is 2.70 bits per heavy atom. The van der Waals surface area contributed by atoms with Crippen molar-refractivity contribution in [1.29, 1.82) is 0 Å². The zero-order valence-electron chi connectivity index (χ0n) is 22.4. The summed E-state index contributed by atoms with van der Waals surface area (Å²) < 4.78 is 5.54. The molecule has 4 heterocycles. The van der Waals surface area contributed by atoms with Crippen LogP contribution in [0.3, 0.4) is 0 Å². The fraction of sp³-hybridized carbons (Fsp3) is 0.276. The van der Waals surface area contributed by atoms with Gasteiger partial charge in [0.1, 0.15) is 0 Å². The first kappa shape index (κ1) is 26.0. The van der Waals surface area contributed by atoms with Crippen LogP contribution >= 0.6 is 11.6 Å². The monoisotopic (exact) mass is 558 g/mol. The van der Waals surface area contributed by atoms with Crippen molar-refractivity contribution in [3.8, 4) is 17.1 Å². The van der Waals surface area contributed by atoms with E-state index in [2.05, 4.69) is 54.9 Å². The van der Waals surface area contributed by atoms with E-state index in [-0.39, 0.29) is 5.91 Å². The first-order valence-electron chi connectivity index (χ1n) is 13.3. The molecule has 2 aliphatic rings. The lowest BCUT2D eigenvalue weighted by molar-refractivity contribution is 0.0947. The van der Waals surface area contributed by atoms with Crippen LogP contribution in [0.1, 0.15) is 16.1 Å². The highest BCUT2D eigenvalue weighted by Gasteiger charge is 2.28. The second-order valence-corrected chi connectivity index (χ2v) is 10.3. The van der Waals surface area contributed by atoms with Gasteiger partial charge in [0.25, 0.3) is 5.91 Å². The van der Waals surface area contributed by atoms with Crippen LogP contribution in [-0.4, -0.2) is 72.6 Å². The van der Waals surface area contributed by atoms with Gasteiger partial charge in [-0.2, -0.15) is 0 Å². The fourth-order valence-electron chi connectivity index (χ4n) is 5.18. The molecule has 40 heavy (non-hydrogen) atoms. The van der Waals surface area contributed by atoms with Crippen molar-refractivity contribution in [3.05, 3.63) is 71.0 Å². The zero-order valence-corrected chi connectivity index (χ0v) is 23.2. The molecule has 1 saturated heterocycles. The molecule has 6 rings (SSSR count). The number of piperazine rings is 1. The predicted molar refractivity (Wildman–Crippen MR) is 159 cm³/mol. The van der Waals surface area contributed by atoms with E-state index in [1.165, 1.54) is 5.69 Å². The molecule has 0 unspecified atom stereocenters. The Bertz CT molecular complexity index is 1550. The van der Waals surface area contributed by atoms with Crippen molar-refractivity contribution in [2.45, 2.75) is 6.42 Å². The molecular weight excluding hydrogens is 528 g/mol. The van der Waals surface area contributed by atoms with Gasteiger partial charge in [0.05, 0.1) is 40.5 Å². The number of nitrogens with one attached hydrogen (secondary N) is 4. The molecule has 206 valence electrons. The maximum atomic E-state index is 13.0. The van der Waals surface area contributed by atoms with Crippen LogP contribution < -0.4 is 25.6 Å². The standard InChI is InChI=1S/C29H31ClN8O2/c1-37-13-15-38(16-14-37)19-6-3-5-18(17-19)33-29-32-12-10-22(36-29)25-26(24-21(34-25)9-11-31-28(24)39)35-23-8-4-7-20(30)27(23)40-2/h3-8,10,12,17,34-35H,9,11,13-16H2,1-2H3,(H,31,39)(H,32,33,36). The van der Waals surface area contributed by atoms with E-state index in [1.807, 2.05) is 30.3 Å². The van der Waals surface area contributed by atoms with E-state index in [0.29, 0.717) is 58.0 Å². The number of carbonyl (C=O) groups excluding carboxylic acids is 1. The Balaban J connectivity index is 1.33. The first-order valence-corrected chi connectivity index (χ1v) is 13.6. The zero-order chi connectivity index (χ0) is 27.6. The molecule has 1 fully saturated rings. The summed E-state index contributed by atoms with van der Waals surface area (Å²) in [5.41, 5.74) is 6.03. The number of anilines is 5. The van der Waals surface area contributed by atoms with Crippen molar-refractivity contribution in [2.75, 3.05) is 62.4 Å². The number of carbonyl (C=O) groups is 1. The number of hydrogen-bond acceptors (Lipinski definition) is 8. The second-order valence-electron chi connectivity index (χ2n) is 9.91. The maximum absolute atomic E-state index is 13.0. The van der Waals surface area contributed by atoms with Crippen LogP contribution in [0.25, 0.3) is 11.4 Å². The number of rotatable bonds is 7. The summed E-state index contributed by atoms with van der Waals surface area (Å²) in [4.78, 5) is 30.4. The number of para-hydroxylation sites is 1. The summed E-state index contributed by atoms with van der Waals surface area (Å²) >= 11 is 6.38. The average Bonchev–Trinajstić information content (AvgIpc) is 3.33. The van der Waals surface area contributed by atoms with E-state index in [1.54, 1.807) is 19.4 Å². The van der Waals surface area contributed by atoms with Crippen LogP contribution in [-0.2, 0) is 6.42 Å². The highest BCUT2D eigenvalue weighted by Crippen LogP contribution is 2.40. The minimum absolute atomic E-state index is 0.152. The van der Waals surface area contributed by atoms with Gasteiger partial charge < -0.3 is 35.5 Å². The molecule has 11 heteroatoms. The molecule has 2 aromatic heterocycles. The third-order valence-electron chi connectivity index (χ3n) is 7.28. The molecule has 2 aliphatic heterocycles. The van der Waals surface area contributed by atoms with Crippen LogP contribution in [0, 0.1) is 0 Å². The van der Waals surface area contributed by atoms with Crippen molar-refractivity contribution in [1.82, 2.24) is 25.2 Å². The summed E-state index contributed by atoms with van der Waals surface area (Å²) in [6.45, 7) is 4.62. The van der Waals surface area contributed by atoms with Gasteiger partial charge in [0.15, 0.2) is 5.75 Å². The van der Waals surface area contributed by atoms with Crippen molar-refractivity contribution < 1.29 is 9.53 Å². The average molecular weight is 559 g/mol. The highest BCUT2D eigenvalue weighted by atomic mass is 35.5. The molecule has 1 amide bonds. The number of ether oxygens (including phenoxy) is 1. The van der Waals surface area contributed by atoms with Gasteiger partial charge in [-0.05, 0) is 43.4 Å². The number of nitrogens with zero attached hydrogens (tertiary/aromatic N) is 4. The number of fused-ring (bicyclic) bond motifs is 1. The Labute approximate surface area is 237 Å². The Morgan fingerprint density at radius 2 is 1.88 bits per heavy atom. The third kappa shape index (κ3) is 5.15. The Kier molecular flexibility index (Phi) is 7.19. The minimum Gasteiger partial charge on any atom is -0.493 e. The molecule has 4 N–H and O–H groups in total. The van der Waals surface area contributed by atoms with Crippen LogP contribution in [0.15, 0.2) is 54.7 Å². The summed E-state index contributed by atoms with van der Waals surface area (Å²) in [6, 6.07) is 15.6. The van der Waals surface area contributed by atoms with Gasteiger partial charge >= 0.3 is 0 Å². The largest absolute Gasteiger partial charge is 0.493 e. The minimum atomic E-state index is -0.152. The highest BCUT2D eigenvalue weighted by molar-refractivity contribution is 6.32. The van der Waals surface area contributed by atoms with Gasteiger partial charge in [0.2, 0.25) is 5.95 Å². The summed E-state index contributed by atoms with van der Waals surface area (Å²) in [5, 5.41) is 10.2. The topological polar surface area (TPSA) is 110 Å². The van der Waals surface area contributed by atoms with Crippen LogP contribution in [0.5, 0.6) is 5.75 Å². The van der Waals surface area contributed by atoms with E-state index < -0.39 is 0 Å². The van der Waals surface area contributed by atoms with Crippen molar-refractivity contribution >= 4 is 46.2 Å². The number of halogens is 1. The maximum Gasteiger partial charge on any atom is 0.255 e. The number of hydrogen-bond donors (Lipinski definition) is 4. The molecule has 0 bridgehead atoms. The van der Waals surface area contributed by atoms with Crippen LogP contribution in [0.2, 0.25) is 5.02 Å². The molecule has 0 atom stereocenters. The van der Waals surface area contributed by atoms with E-state index in [4.69, 9.17) is 21.3 Å². The quantitative estimate of drug-likeness (QED) is 0.259. The SMILES string of the molecule is COc1c(Cl)cccc1Nc1c(-c2ccnc(Nc3cccc(N4CCN(C)CC4)c3)n2)[nH]c2c1C(=O)NCC2. The normalized spacial score (nSPS) is 15.4. The lowest BCUT2D eigenvalue weighted by atomic mass is 10.1. The molecule has 0 radical (unpaired) electrons. The third-order valence-corrected chi connectivity index (χ3v) is 7.58. The molecule has 0 aliphatic carbocycles. The number of benzene rings is 2. The number of aromatic nitrogens is 3. The van der Waals surface area contributed by atoms with Crippen LogP contribution in [0.4, 0.5) is 28.7 Å². The van der Waals surface area contributed by atoms with Gasteiger partial charge in [-0.1, -0.05) is 23.7 Å². The number of H-pyrrole nitrogens is 1. The van der Waals surface area contributed by atoms with Crippen molar-refractivity contribution in [3.63, 3.8) is 0 Å². The van der Waals surface area contributed by atoms with E-state index >= 15 is 0 Å². The number of aromatic amines is 1. The van der Waals surface area contributed by atoms with Gasteiger partial charge in [-0.3, -0.25) is 4.79 Å². The predicted octanol–water partition coefficient (Wildman–Crippen LogP) is 4.66. The molecule has 4 aromatic rings. The molecule has 0 spiro atoms. The Hall–Kier alpha value is -4.28. The number of amides is 1. The molecule has 2 aromatic carbocycles. The van der Waals surface area contributed by atoms with Gasteiger partial charge in [0, 0.05) is 62.4 Å². The van der Waals surface area contributed by atoms with E-state index in [0.717, 1.165) is 37.6 Å². The van der Waals surface area contributed by atoms with Gasteiger partial charge in [-0.25, -0.2) is 9.97 Å². The molecule has 0 saturated carbocycles. The second kappa shape index (κ2) is 11.1. The van der Waals surface area contributed by atoms with Crippen molar-refractivity contribution in [2.24, 2.45) is 0 Å². The molecule has 10 nitrogen and oxygen atoms in total. The van der Waals surface area contributed by atoms with E-state index in [9.17, 15) is 4.79 Å². The lowest BCUT2D eigenvalue weighted by Crippen LogP contribution is -2.44. The summed E-state index contributed by atoms with van der Waals surface area (Å²) in [5.74, 6) is 0.795. The molecular formula is C29H31ClN8O2. The number of methoxy groups -OCH3 is 1. The smallest absolute Gasteiger partial charge is 0.255 e. The van der Waals surface area contributed by atoms with Gasteiger partial charge in [-0.15, -0.1) is 0 Å². The lowest BCUT2D eigenvalue weighted by Gasteiger charge is -2.34. The summed E-state index contributed by atoms with van der Waals surface area (Å²) in [7, 11) is 3.72. The Morgan fingerprint density at radius 1 is 1.05 bits per heavy atom.